The van der Waals surface area contributed by atoms with Crippen LogP contribution in [0.15, 0.2) is 47.0 Å². The molecule has 2 aromatic rings. The van der Waals surface area contributed by atoms with Crippen LogP contribution >= 0.6 is 0 Å². The van der Waals surface area contributed by atoms with Crippen molar-refractivity contribution < 1.29 is 34.8 Å². The molecule has 0 aliphatic heterocycles. The molecular formula is C32H38N4O7. The Balaban J connectivity index is 1.72. The van der Waals surface area contributed by atoms with Crippen LogP contribution in [0, 0.1) is 17.8 Å². The molecule has 1 fully saturated rings. The van der Waals surface area contributed by atoms with E-state index >= 15 is 0 Å². The number of likely N-dealkylation sites (N-methyl/N-ethyl adjacent to an activating group) is 1. The lowest BCUT2D eigenvalue weighted by atomic mass is 9.57. The van der Waals surface area contributed by atoms with Crippen molar-refractivity contribution >= 4 is 23.2 Å². The van der Waals surface area contributed by atoms with Crippen molar-refractivity contribution in [3.05, 3.63) is 63.7 Å². The van der Waals surface area contributed by atoms with Gasteiger partial charge in [-0.05, 0) is 88.2 Å². The van der Waals surface area contributed by atoms with Crippen molar-refractivity contribution in [1.29, 1.82) is 0 Å². The van der Waals surface area contributed by atoms with E-state index in [4.69, 9.17) is 5.73 Å². The number of aromatic amines is 1. The Labute approximate surface area is 249 Å². The molecule has 5 rings (SSSR count). The number of nitrogens with zero attached hydrogens (tertiary/aromatic N) is 2. The quantitative estimate of drug-likeness (QED) is 0.208. The molecule has 1 unspecified atom stereocenters. The van der Waals surface area contributed by atoms with E-state index in [1.165, 1.54) is 10.5 Å². The molecular weight excluding hydrogens is 552 g/mol. The number of H-pyrrole nitrogens is 1. The minimum atomic E-state index is -2.68. The second-order valence-electron chi connectivity index (χ2n) is 12.4. The normalized spacial score (nSPS) is 26.4. The molecule has 3 aliphatic carbocycles. The van der Waals surface area contributed by atoms with Crippen LogP contribution in [0.3, 0.4) is 0 Å². The smallest absolute Gasteiger partial charge is 0.255 e. The number of aromatic hydroxyl groups is 1. The number of ketones is 2. The molecule has 1 amide bonds. The molecule has 0 radical (unpaired) electrons. The summed E-state index contributed by atoms with van der Waals surface area (Å²) in [5.74, 6) is -6.49. The van der Waals surface area contributed by atoms with Crippen LogP contribution < -0.4 is 5.73 Å². The highest BCUT2D eigenvalue weighted by molar-refractivity contribution is 6.24. The highest BCUT2D eigenvalue weighted by Crippen LogP contribution is 2.54. The maximum Gasteiger partial charge on any atom is 0.255 e. The van der Waals surface area contributed by atoms with E-state index in [9.17, 15) is 34.8 Å². The number of primary amides is 1. The molecule has 1 aromatic carbocycles. The van der Waals surface area contributed by atoms with Gasteiger partial charge in [-0.3, -0.25) is 24.4 Å². The van der Waals surface area contributed by atoms with Gasteiger partial charge in [-0.2, -0.15) is 5.10 Å². The average Bonchev–Trinajstić information content (AvgIpc) is 3.46. The summed E-state index contributed by atoms with van der Waals surface area (Å²) in [5, 5.41) is 53.2. The van der Waals surface area contributed by atoms with Crippen LogP contribution in [0.25, 0.3) is 16.9 Å². The molecule has 1 aromatic heterocycles. The van der Waals surface area contributed by atoms with Gasteiger partial charge in [0.15, 0.2) is 11.4 Å². The number of phenolic OH excluding ortho intramolecular Hbond substituents is 1. The number of Topliss-reactive ketones (excluding diaryl/α,β-unsaturated/α-hetero) is 2. The molecule has 0 spiro atoms. The van der Waals surface area contributed by atoms with Gasteiger partial charge >= 0.3 is 0 Å². The Morgan fingerprint density at radius 1 is 1.28 bits per heavy atom. The summed E-state index contributed by atoms with van der Waals surface area (Å²) in [6, 6.07) is 0.754. The summed E-state index contributed by atoms with van der Waals surface area (Å²) >= 11 is 0. The number of aliphatic hydroxyl groups is 3. The molecule has 5 atom stereocenters. The third-order valence-electron chi connectivity index (χ3n) is 9.34. The van der Waals surface area contributed by atoms with Gasteiger partial charge < -0.3 is 26.2 Å². The van der Waals surface area contributed by atoms with Crippen molar-refractivity contribution in [3.63, 3.8) is 0 Å². The summed E-state index contributed by atoms with van der Waals surface area (Å²) in [6.45, 7) is 6.07. The Hall–Kier alpha value is -4.22. The van der Waals surface area contributed by atoms with Crippen LogP contribution in [0.4, 0.5) is 0 Å². The van der Waals surface area contributed by atoms with Crippen LogP contribution in [0.2, 0.25) is 0 Å². The highest BCUT2D eigenvalue weighted by Gasteiger charge is 2.64. The van der Waals surface area contributed by atoms with Gasteiger partial charge in [0.25, 0.3) is 5.91 Å². The highest BCUT2D eigenvalue weighted by atomic mass is 16.3. The number of carbonyl (C=O) groups excluding carboxylic acids is 3. The van der Waals surface area contributed by atoms with E-state index in [1.807, 2.05) is 26.0 Å². The standard InChI is InChI=1S/C32H38N4O7/c1-6-14(2)7-15(3)8-17-10-19(18-12-34-35-13-18)20-9-16-11-21-25(36(4)5)28(39)24(31(33)42)30(41)32(21,43)29(40)22(16)27(38)23(20)26(17)37/h6,10,12-13,15-16,21,25,37-38,41,43H,7-9,11H2,1-5H3,(H2,33,42)(H,34,35)/b14-6+/t15?,16-,21-,25-,32-/m0/s1. The number of benzene rings is 1. The third-order valence-corrected chi connectivity index (χ3v) is 9.34. The minimum absolute atomic E-state index is 0.0266. The average molecular weight is 591 g/mol. The van der Waals surface area contributed by atoms with Gasteiger partial charge in [-0.15, -0.1) is 0 Å². The van der Waals surface area contributed by atoms with Gasteiger partial charge in [-0.25, -0.2) is 0 Å². The van der Waals surface area contributed by atoms with E-state index in [0.29, 0.717) is 17.5 Å². The fraction of sp³-hybridized carbons (Fsp3) is 0.438. The largest absolute Gasteiger partial charge is 0.508 e. The summed E-state index contributed by atoms with van der Waals surface area (Å²) in [4.78, 5) is 41.2. The van der Waals surface area contributed by atoms with Gasteiger partial charge in [0.05, 0.1) is 17.8 Å². The summed E-state index contributed by atoms with van der Waals surface area (Å²) < 4.78 is 0. The third kappa shape index (κ3) is 4.58. The summed E-state index contributed by atoms with van der Waals surface area (Å²) in [5.41, 5.74) is 5.66. The van der Waals surface area contributed by atoms with E-state index in [-0.39, 0.29) is 35.6 Å². The fourth-order valence-electron chi connectivity index (χ4n) is 7.29. The van der Waals surface area contributed by atoms with E-state index < -0.39 is 58.0 Å². The van der Waals surface area contributed by atoms with Crippen molar-refractivity contribution in [2.24, 2.45) is 23.5 Å². The number of amides is 1. The molecule has 0 bridgehead atoms. The number of hydrogen-bond acceptors (Lipinski definition) is 9. The van der Waals surface area contributed by atoms with Gasteiger partial charge in [0.2, 0.25) is 5.78 Å². The molecule has 11 heteroatoms. The number of aliphatic hydroxyl groups excluding tert-OH is 2. The van der Waals surface area contributed by atoms with Crippen molar-refractivity contribution in [2.45, 2.75) is 58.1 Å². The predicted octanol–water partition coefficient (Wildman–Crippen LogP) is 2.89. The van der Waals surface area contributed by atoms with Crippen LogP contribution in [-0.4, -0.2) is 78.7 Å². The van der Waals surface area contributed by atoms with E-state index in [1.54, 1.807) is 26.5 Å². The first-order valence-corrected chi connectivity index (χ1v) is 14.4. The van der Waals surface area contributed by atoms with Crippen LogP contribution in [0.1, 0.15) is 50.3 Å². The van der Waals surface area contributed by atoms with Gasteiger partial charge in [0.1, 0.15) is 22.8 Å². The molecule has 7 N–H and O–H groups in total. The Morgan fingerprint density at radius 2 is 1.98 bits per heavy atom. The number of rotatable bonds is 7. The zero-order valence-corrected chi connectivity index (χ0v) is 24.9. The molecule has 43 heavy (non-hydrogen) atoms. The number of allylic oxidation sites excluding steroid dienone is 2. The number of aromatic nitrogens is 2. The first kappa shape index (κ1) is 30.2. The Kier molecular flexibility index (Phi) is 7.60. The Morgan fingerprint density at radius 3 is 2.56 bits per heavy atom. The molecule has 1 heterocycles. The second-order valence-corrected chi connectivity index (χ2v) is 12.4. The molecule has 0 saturated heterocycles. The van der Waals surface area contributed by atoms with Gasteiger partial charge in [0, 0.05) is 23.3 Å². The molecule has 228 valence electrons. The van der Waals surface area contributed by atoms with Crippen LogP contribution in [-0.2, 0) is 27.2 Å². The first-order valence-electron chi connectivity index (χ1n) is 14.4. The molecule has 1 saturated carbocycles. The number of carbonyl (C=O) groups is 3. The van der Waals surface area contributed by atoms with Crippen molar-refractivity contribution in [1.82, 2.24) is 15.1 Å². The lowest BCUT2D eigenvalue weighted by molar-refractivity contribution is -0.153. The monoisotopic (exact) mass is 590 g/mol. The second kappa shape index (κ2) is 10.8. The van der Waals surface area contributed by atoms with Crippen molar-refractivity contribution in [3.8, 4) is 16.9 Å². The fourth-order valence-corrected chi connectivity index (χ4v) is 7.29. The first-order chi connectivity index (χ1) is 20.2. The van der Waals surface area contributed by atoms with E-state index in [0.717, 1.165) is 17.5 Å². The number of hydrogen-bond donors (Lipinski definition) is 6. The number of nitrogens with two attached hydrogens (primary N) is 1. The maximum atomic E-state index is 14.2. The number of nitrogens with one attached hydrogen (secondary N) is 1. The zero-order valence-electron chi connectivity index (χ0n) is 24.9. The summed E-state index contributed by atoms with van der Waals surface area (Å²) in [6.07, 6.45) is 6.90. The number of fused-ring (bicyclic) bond motifs is 3. The minimum Gasteiger partial charge on any atom is -0.508 e. The number of phenols is 1. The maximum absolute atomic E-state index is 14.2. The molecule has 3 aliphatic rings. The van der Waals surface area contributed by atoms with Crippen molar-refractivity contribution in [2.75, 3.05) is 14.1 Å². The Bertz CT molecular complexity index is 1620. The van der Waals surface area contributed by atoms with Gasteiger partial charge in [-0.1, -0.05) is 18.6 Å². The molecule has 11 nitrogen and oxygen atoms in total. The zero-order chi connectivity index (χ0) is 31.5. The van der Waals surface area contributed by atoms with Crippen LogP contribution in [0.5, 0.6) is 5.75 Å². The lowest BCUT2D eigenvalue weighted by Gasteiger charge is -2.50. The predicted molar refractivity (Wildman–Crippen MR) is 159 cm³/mol. The lowest BCUT2D eigenvalue weighted by Crippen LogP contribution is -2.65. The topological polar surface area (TPSA) is 190 Å². The SMILES string of the molecule is C/C=C(\C)CC(C)Cc1cc(-c2cn[nH]c2)c2c(c1O)C(O)=C1C(=O)[C@]3(O)C(O)=C(C(N)=O)C(=O)[C@@H](N(C)C)[C@@H]3C[C@@H]1C2. The summed E-state index contributed by atoms with van der Waals surface area (Å²) in [7, 11) is 3.14. The van der Waals surface area contributed by atoms with E-state index in [2.05, 4.69) is 17.1 Å².